The Morgan fingerprint density at radius 3 is 2.67 bits per heavy atom. The van der Waals surface area contributed by atoms with Crippen LogP contribution < -0.4 is 5.32 Å². The van der Waals surface area contributed by atoms with Gasteiger partial charge in [0.15, 0.2) is 0 Å². The fraction of sp³-hybridized carbons (Fsp3) is 0.211. The molecule has 1 amide bonds. The van der Waals surface area contributed by atoms with Gasteiger partial charge in [-0.05, 0) is 43.4 Å². The maximum atomic E-state index is 12.9. The van der Waals surface area contributed by atoms with Crippen molar-refractivity contribution in [2.75, 3.05) is 11.6 Å². The fourth-order valence-electron chi connectivity index (χ4n) is 2.76. The van der Waals surface area contributed by atoms with E-state index in [0.29, 0.717) is 11.3 Å². The molecule has 0 saturated heterocycles. The topological polar surface area (TPSA) is 54.9 Å². The molecule has 5 heteroatoms. The summed E-state index contributed by atoms with van der Waals surface area (Å²) < 4.78 is 0. The molecule has 0 unspecified atom stereocenters. The van der Waals surface area contributed by atoms with Crippen molar-refractivity contribution in [2.45, 2.75) is 25.3 Å². The third-order valence-electron chi connectivity index (χ3n) is 4.00. The van der Waals surface area contributed by atoms with Gasteiger partial charge in [0.05, 0.1) is 28.0 Å². The summed E-state index contributed by atoms with van der Waals surface area (Å²) in [5, 5.41) is 4.75. The van der Waals surface area contributed by atoms with Crippen LogP contribution in [0.3, 0.4) is 0 Å². The van der Waals surface area contributed by atoms with Crippen molar-refractivity contribution in [3.63, 3.8) is 0 Å². The highest BCUT2D eigenvalue weighted by Crippen LogP contribution is 2.25. The van der Waals surface area contributed by atoms with Gasteiger partial charge in [-0.3, -0.25) is 9.78 Å². The predicted molar refractivity (Wildman–Crippen MR) is 99.8 cm³/mol. The van der Waals surface area contributed by atoms with E-state index in [2.05, 4.69) is 22.2 Å². The van der Waals surface area contributed by atoms with Crippen LogP contribution in [-0.4, -0.2) is 22.1 Å². The number of pyridine rings is 2. The SMILES string of the molecule is CCc1nc2ccccc2c(C(=O)Nc2ccc(SC)nc2)c1C. The maximum absolute atomic E-state index is 12.9. The standard InChI is InChI=1S/C19H19N3OS/c1-4-15-12(2)18(14-7-5-6-8-16(14)22-15)19(23)21-13-9-10-17(24-3)20-11-13/h5-11H,4H2,1-3H3,(H,21,23). The van der Waals surface area contributed by atoms with E-state index >= 15 is 0 Å². The summed E-state index contributed by atoms with van der Waals surface area (Å²) >= 11 is 1.57. The number of aryl methyl sites for hydroxylation is 1. The number of carbonyl (C=O) groups is 1. The van der Waals surface area contributed by atoms with Crippen molar-refractivity contribution >= 4 is 34.3 Å². The number of nitrogens with zero attached hydrogens (tertiary/aromatic N) is 2. The van der Waals surface area contributed by atoms with E-state index in [0.717, 1.165) is 33.6 Å². The molecule has 4 nitrogen and oxygen atoms in total. The van der Waals surface area contributed by atoms with Crippen molar-refractivity contribution in [1.29, 1.82) is 0 Å². The van der Waals surface area contributed by atoms with Gasteiger partial charge in [0.2, 0.25) is 0 Å². The predicted octanol–water partition coefficient (Wildman–Crippen LogP) is 4.47. The Balaban J connectivity index is 2.03. The van der Waals surface area contributed by atoms with Crippen LogP contribution in [0.25, 0.3) is 10.9 Å². The highest BCUT2D eigenvalue weighted by Gasteiger charge is 2.17. The van der Waals surface area contributed by atoms with E-state index in [9.17, 15) is 4.79 Å². The molecule has 0 aliphatic rings. The summed E-state index contributed by atoms with van der Waals surface area (Å²) in [6.07, 6.45) is 4.45. The van der Waals surface area contributed by atoms with Crippen molar-refractivity contribution in [3.05, 3.63) is 59.4 Å². The minimum atomic E-state index is -0.125. The van der Waals surface area contributed by atoms with E-state index < -0.39 is 0 Å². The van der Waals surface area contributed by atoms with Crippen LogP contribution in [0.1, 0.15) is 28.5 Å². The molecule has 122 valence electrons. The third-order valence-corrected chi connectivity index (χ3v) is 4.66. The number of para-hydroxylation sites is 1. The van der Waals surface area contributed by atoms with Gasteiger partial charge in [-0.1, -0.05) is 25.1 Å². The first-order chi connectivity index (χ1) is 11.6. The number of thioether (sulfide) groups is 1. The van der Waals surface area contributed by atoms with Crippen molar-refractivity contribution < 1.29 is 4.79 Å². The zero-order chi connectivity index (χ0) is 17.1. The Bertz CT molecular complexity index is 891. The molecule has 3 aromatic rings. The average Bonchev–Trinajstić information content (AvgIpc) is 2.61. The molecule has 24 heavy (non-hydrogen) atoms. The smallest absolute Gasteiger partial charge is 0.256 e. The summed E-state index contributed by atoms with van der Waals surface area (Å²) in [4.78, 5) is 21.9. The number of benzene rings is 1. The zero-order valence-corrected chi connectivity index (χ0v) is 14.8. The summed E-state index contributed by atoms with van der Waals surface area (Å²) in [6.45, 7) is 4.01. The molecule has 0 fully saturated rings. The number of hydrogen-bond donors (Lipinski definition) is 1. The molecule has 0 saturated carbocycles. The van der Waals surface area contributed by atoms with Gasteiger partial charge in [-0.2, -0.15) is 0 Å². The molecular weight excluding hydrogens is 318 g/mol. The molecule has 0 atom stereocenters. The number of carbonyl (C=O) groups excluding carboxylic acids is 1. The molecular formula is C19H19N3OS. The Morgan fingerprint density at radius 2 is 2.00 bits per heavy atom. The second-order valence-corrected chi connectivity index (χ2v) is 6.30. The normalized spacial score (nSPS) is 10.8. The van der Waals surface area contributed by atoms with Crippen molar-refractivity contribution in [3.8, 4) is 0 Å². The molecule has 0 bridgehead atoms. The zero-order valence-electron chi connectivity index (χ0n) is 14.0. The largest absolute Gasteiger partial charge is 0.321 e. The van der Waals surface area contributed by atoms with Crippen LogP contribution in [-0.2, 0) is 6.42 Å². The third kappa shape index (κ3) is 3.12. The van der Waals surface area contributed by atoms with Gasteiger partial charge in [0, 0.05) is 11.1 Å². The molecule has 3 rings (SSSR count). The second kappa shape index (κ2) is 7.01. The lowest BCUT2D eigenvalue weighted by Gasteiger charge is -2.14. The molecule has 0 aliphatic carbocycles. The van der Waals surface area contributed by atoms with E-state index in [-0.39, 0.29) is 5.91 Å². The first-order valence-electron chi connectivity index (χ1n) is 7.83. The molecule has 1 N–H and O–H groups in total. The summed E-state index contributed by atoms with van der Waals surface area (Å²) in [5.41, 5.74) is 4.11. The van der Waals surface area contributed by atoms with Crippen LogP contribution in [0.5, 0.6) is 0 Å². The van der Waals surface area contributed by atoms with E-state index in [1.165, 1.54) is 0 Å². The number of fused-ring (bicyclic) bond motifs is 1. The highest BCUT2D eigenvalue weighted by molar-refractivity contribution is 7.98. The lowest BCUT2D eigenvalue weighted by Crippen LogP contribution is -2.16. The second-order valence-electron chi connectivity index (χ2n) is 5.47. The van der Waals surface area contributed by atoms with Gasteiger partial charge >= 0.3 is 0 Å². The highest BCUT2D eigenvalue weighted by atomic mass is 32.2. The molecule has 1 aromatic carbocycles. The van der Waals surface area contributed by atoms with Gasteiger partial charge in [0.1, 0.15) is 0 Å². The van der Waals surface area contributed by atoms with Crippen molar-refractivity contribution in [1.82, 2.24) is 9.97 Å². The van der Waals surface area contributed by atoms with E-state index in [1.54, 1.807) is 18.0 Å². The quantitative estimate of drug-likeness (QED) is 0.713. The molecule has 0 aliphatic heterocycles. The Labute approximate surface area is 145 Å². The average molecular weight is 337 g/mol. The fourth-order valence-corrected chi connectivity index (χ4v) is 3.13. The number of aromatic nitrogens is 2. The maximum Gasteiger partial charge on any atom is 0.256 e. The number of rotatable bonds is 4. The van der Waals surface area contributed by atoms with Crippen LogP contribution in [0.15, 0.2) is 47.6 Å². The van der Waals surface area contributed by atoms with E-state index in [1.807, 2.05) is 49.6 Å². The summed E-state index contributed by atoms with van der Waals surface area (Å²) in [5.74, 6) is -0.125. The molecule has 0 radical (unpaired) electrons. The monoisotopic (exact) mass is 337 g/mol. The number of amides is 1. The Hall–Kier alpha value is -2.40. The summed E-state index contributed by atoms with van der Waals surface area (Å²) in [6, 6.07) is 11.5. The lowest BCUT2D eigenvalue weighted by atomic mass is 9.99. The van der Waals surface area contributed by atoms with Crippen LogP contribution >= 0.6 is 11.8 Å². The van der Waals surface area contributed by atoms with Crippen LogP contribution in [0.2, 0.25) is 0 Å². The van der Waals surface area contributed by atoms with Gasteiger partial charge < -0.3 is 5.32 Å². The Kier molecular flexibility index (Phi) is 4.81. The first-order valence-corrected chi connectivity index (χ1v) is 9.06. The molecule has 0 spiro atoms. The van der Waals surface area contributed by atoms with Gasteiger partial charge in [-0.25, -0.2) is 4.98 Å². The van der Waals surface area contributed by atoms with Gasteiger partial charge in [-0.15, -0.1) is 11.8 Å². The van der Waals surface area contributed by atoms with Crippen LogP contribution in [0.4, 0.5) is 5.69 Å². The first kappa shape index (κ1) is 16.5. The number of nitrogens with one attached hydrogen (secondary N) is 1. The van der Waals surface area contributed by atoms with Crippen LogP contribution in [0, 0.1) is 6.92 Å². The minimum absolute atomic E-state index is 0.125. The van der Waals surface area contributed by atoms with Crippen molar-refractivity contribution in [2.24, 2.45) is 0 Å². The van der Waals surface area contributed by atoms with Gasteiger partial charge in [0.25, 0.3) is 5.91 Å². The van der Waals surface area contributed by atoms with E-state index in [4.69, 9.17) is 0 Å². The summed E-state index contributed by atoms with van der Waals surface area (Å²) in [7, 11) is 0. The lowest BCUT2D eigenvalue weighted by molar-refractivity contribution is 0.102. The molecule has 2 aromatic heterocycles. The Morgan fingerprint density at radius 1 is 1.21 bits per heavy atom. The molecule has 2 heterocycles. The minimum Gasteiger partial charge on any atom is -0.321 e. The number of anilines is 1. The number of hydrogen-bond acceptors (Lipinski definition) is 4.